The predicted octanol–water partition coefficient (Wildman–Crippen LogP) is 1.60. The van der Waals surface area contributed by atoms with Gasteiger partial charge in [-0.05, 0) is 43.6 Å². The van der Waals surface area contributed by atoms with Gasteiger partial charge in [-0.25, -0.2) is 0 Å². The van der Waals surface area contributed by atoms with Crippen LogP contribution in [0.15, 0.2) is 22.6 Å². The molecule has 2 aliphatic heterocycles. The number of rotatable bonds is 6. The summed E-state index contributed by atoms with van der Waals surface area (Å²) in [6, 6.07) is 6.03. The first kappa shape index (κ1) is 16.8. The van der Waals surface area contributed by atoms with Gasteiger partial charge in [-0.2, -0.15) is 0 Å². The Kier molecular flexibility index (Phi) is 4.75. The van der Waals surface area contributed by atoms with Gasteiger partial charge in [-0.1, -0.05) is 13.0 Å². The fourth-order valence-corrected chi connectivity index (χ4v) is 3.47. The van der Waals surface area contributed by atoms with Crippen LogP contribution >= 0.6 is 0 Å². The van der Waals surface area contributed by atoms with Crippen molar-refractivity contribution in [3.8, 4) is 11.5 Å². The quantitative estimate of drug-likeness (QED) is 0.839. The summed E-state index contributed by atoms with van der Waals surface area (Å²) in [6.07, 6.45) is 2.71. The Hall–Kier alpha value is -2.61. The zero-order chi connectivity index (χ0) is 17.9. The number of nitrogens with zero attached hydrogens (tertiary/aromatic N) is 3. The summed E-state index contributed by atoms with van der Waals surface area (Å²) in [5.74, 6) is 1.51. The van der Waals surface area contributed by atoms with E-state index in [0.717, 1.165) is 30.8 Å². The second-order valence-electron chi connectivity index (χ2n) is 6.50. The van der Waals surface area contributed by atoms with E-state index in [4.69, 9.17) is 13.9 Å². The summed E-state index contributed by atoms with van der Waals surface area (Å²) in [5.41, 5.74) is 0.953. The van der Waals surface area contributed by atoms with Crippen LogP contribution in [0.1, 0.15) is 41.9 Å². The molecule has 1 N–H and O–H groups in total. The highest BCUT2D eigenvalue weighted by atomic mass is 16.7. The Labute approximate surface area is 151 Å². The molecule has 4 rings (SSSR count). The van der Waals surface area contributed by atoms with Gasteiger partial charge in [-0.3, -0.25) is 9.69 Å². The monoisotopic (exact) mass is 358 g/mol. The van der Waals surface area contributed by atoms with Crippen LogP contribution < -0.4 is 14.8 Å². The number of ether oxygens (including phenoxy) is 2. The number of carbonyl (C=O) groups is 1. The summed E-state index contributed by atoms with van der Waals surface area (Å²) in [6.45, 7) is 5.07. The van der Waals surface area contributed by atoms with Crippen molar-refractivity contribution >= 4 is 5.91 Å². The van der Waals surface area contributed by atoms with Crippen LogP contribution in [0.2, 0.25) is 0 Å². The zero-order valence-corrected chi connectivity index (χ0v) is 14.7. The minimum absolute atomic E-state index is 0.00166. The maximum Gasteiger partial charge on any atom is 0.308 e. The molecule has 2 aromatic rings. The summed E-state index contributed by atoms with van der Waals surface area (Å²) < 4.78 is 16.2. The van der Waals surface area contributed by atoms with Crippen LogP contribution in [0.4, 0.5) is 0 Å². The predicted molar refractivity (Wildman–Crippen MR) is 92.3 cm³/mol. The molecule has 0 radical (unpaired) electrons. The SMILES string of the molecule is CCN1CCC[C@@H]1CNC(=O)c1nnc(Cc2ccc3c(c2)OCO3)o1. The van der Waals surface area contributed by atoms with Crippen molar-refractivity contribution < 1.29 is 18.7 Å². The van der Waals surface area contributed by atoms with E-state index < -0.39 is 0 Å². The molecule has 1 aromatic heterocycles. The van der Waals surface area contributed by atoms with Crippen molar-refractivity contribution in [1.82, 2.24) is 20.4 Å². The molecule has 0 saturated carbocycles. The van der Waals surface area contributed by atoms with Crippen LogP contribution in [-0.2, 0) is 6.42 Å². The van der Waals surface area contributed by atoms with Crippen molar-refractivity contribution in [1.29, 1.82) is 0 Å². The lowest BCUT2D eigenvalue weighted by molar-refractivity contribution is 0.0905. The molecule has 3 heterocycles. The molecule has 1 aromatic carbocycles. The molecular weight excluding hydrogens is 336 g/mol. The molecule has 0 spiro atoms. The second kappa shape index (κ2) is 7.33. The second-order valence-corrected chi connectivity index (χ2v) is 6.50. The fourth-order valence-electron chi connectivity index (χ4n) is 3.47. The first-order valence-corrected chi connectivity index (χ1v) is 8.96. The minimum Gasteiger partial charge on any atom is -0.454 e. The number of carbonyl (C=O) groups excluding carboxylic acids is 1. The van der Waals surface area contributed by atoms with Gasteiger partial charge in [0, 0.05) is 12.6 Å². The smallest absolute Gasteiger partial charge is 0.308 e. The third-order valence-corrected chi connectivity index (χ3v) is 4.86. The van der Waals surface area contributed by atoms with Gasteiger partial charge in [0.2, 0.25) is 12.7 Å². The summed E-state index contributed by atoms with van der Waals surface area (Å²) in [4.78, 5) is 14.6. The number of hydrogen-bond donors (Lipinski definition) is 1. The molecule has 1 atom stereocenters. The van der Waals surface area contributed by atoms with E-state index >= 15 is 0 Å². The highest BCUT2D eigenvalue weighted by Crippen LogP contribution is 2.33. The molecule has 138 valence electrons. The third kappa shape index (κ3) is 3.50. The van der Waals surface area contributed by atoms with Gasteiger partial charge in [-0.15, -0.1) is 10.2 Å². The molecule has 2 aliphatic rings. The van der Waals surface area contributed by atoms with Crippen LogP contribution in [0.3, 0.4) is 0 Å². The van der Waals surface area contributed by atoms with Crippen LogP contribution in [0, 0.1) is 0 Å². The molecule has 0 unspecified atom stereocenters. The van der Waals surface area contributed by atoms with Gasteiger partial charge in [0.1, 0.15) is 0 Å². The van der Waals surface area contributed by atoms with Crippen molar-refractivity contribution in [2.45, 2.75) is 32.2 Å². The summed E-state index contributed by atoms with van der Waals surface area (Å²) >= 11 is 0. The van der Waals surface area contributed by atoms with E-state index in [-0.39, 0.29) is 18.6 Å². The van der Waals surface area contributed by atoms with Crippen LogP contribution in [0.5, 0.6) is 11.5 Å². The zero-order valence-electron chi connectivity index (χ0n) is 14.7. The molecule has 0 aliphatic carbocycles. The highest BCUT2D eigenvalue weighted by molar-refractivity contribution is 5.89. The number of amides is 1. The van der Waals surface area contributed by atoms with Crippen molar-refractivity contribution in [3.63, 3.8) is 0 Å². The van der Waals surface area contributed by atoms with Gasteiger partial charge in [0.15, 0.2) is 11.5 Å². The summed E-state index contributed by atoms with van der Waals surface area (Å²) in [5, 5.41) is 10.8. The molecule has 0 bridgehead atoms. The standard InChI is InChI=1S/C18H22N4O4/c1-2-22-7-3-4-13(22)10-19-17(23)18-21-20-16(26-18)9-12-5-6-14-15(8-12)25-11-24-14/h5-6,8,13H,2-4,7,9-11H2,1H3,(H,19,23)/t13-/m1/s1. The first-order chi connectivity index (χ1) is 12.7. The molecule has 8 nitrogen and oxygen atoms in total. The van der Waals surface area contributed by atoms with E-state index in [9.17, 15) is 4.79 Å². The van der Waals surface area contributed by atoms with Crippen molar-refractivity contribution in [2.75, 3.05) is 26.4 Å². The third-order valence-electron chi connectivity index (χ3n) is 4.86. The van der Waals surface area contributed by atoms with Gasteiger partial charge in [0.05, 0.1) is 6.42 Å². The molecule has 1 saturated heterocycles. The van der Waals surface area contributed by atoms with Crippen molar-refractivity contribution in [3.05, 3.63) is 35.5 Å². The molecule has 1 fully saturated rings. The highest BCUT2D eigenvalue weighted by Gasteiger charge is 2.24. The van der Waals surface area contributed by atoms with E-state index in [2.05, 4.69) is 27.3 Å². The number of nitrogens with one attached hydrogen (secondary N) is 1. The molecular formula is C18H22N4O4. The number of likely N-dealkylation sites (N-methyl/N-ethyl adjacent to an activating group) is 1. The first-order valence-electron chi connectivity index (χ1n) is 8.96. The number of likely N-dealkylation sites (tertiary alicyclic amines) is 1. The van der Waals surface area contributed by atoms with E-state index in [1.807, 2.05) is 18.2 Å². The fraction of sp³-hybridized carbons (Fsp3) is 0.500. The molecule has 8 heteroatoms. The number of benzene rings is 1. The van der Waals surface area contributed by atoms with E-state index in [0.29, 0.717) is 30.6 Å². The van der Waals surface area contributed by atoms with E-state index in [1.54, 1.807) is 0 Å². The molecule has 1 amide bonds. The van der Waals surface area contributed by atoms with Crippen molar-refractivity contribution in [2.24, 2.45) is 0 Å². The normalized spacial score (nSPS) is 19.0. The topological polar surface area (TPSA) is 89.7 Å². The maximum atomic E-state index is 12.3. The number of fused-ring (bicyclic) bond motifs is 1. The largest absolute Gasteiger partial charge is 0.454 e. The van der Waals surface area contributed by atoms with Gasteiger partial charge >= 0.3 is 11.8 Å². The number of aromatic nitrogens is 2. The Bertz CT molecular complexity index is 791. The lowest BCUT2D eigenvalue weighted by Gasteiger charge is -2.22. The lowest BCUT2D eigenvalue weighted by Crippen LogP contribution is -2.40. The maximum absolute atomic E-state index is 12.3. The lowest BCUT2D eigenvalue weighted by atomic mass is 10.1. The van der Waals surface area contributed by atoms with Gasteiger partial charge < -0.3 is 19.2 Å². The summed E-state index contributed by atoms with van der Waals surface area (Å²) in [7, 11) is 0. The Morgan fingerprint density at radius 1 is 1.31 bits per heavy atom. The average Bonchev–Trinajstić information content (AvgIpc) is 3.39. The Balaban J connectivity index is 1.34. The number of hydrogen-bond acceptors (Lipinski definition) is 7. The van der Waals surface area contributed by atoms with Gasteiger partial charge in [0.25, 0.3) is 0 Å². The van der Waals surface area contributed by atoms with Crippen LogP contribution in [-0.4, -0.2) is 53.5 Å². The Morgan fingerprint density at radius 3 is 3.08 bits per heavy atom. The Morgan fingerprint density at radius 2 is 2.19 bits per heavy atom. The van der Waals surface area contributed by atoms with E-state index in [1.165, 1.54) is 6.42 Å². The minimum atomic E-state index is -0.322. The average molecular weight is 358 g/mol. The molecule has 26 heavy (non-hydrogen) atoms. The van der Waals surface area contributed by atoms with Crippen LogP contribution in [0.25, 0.3) is 0 Å².